The number of benzene rings is 1. The zero-order valence-corrected chi connectivity index (χ0v) is 11.7. The highest BCUT2D eigenvalue weighted by molar-refractivity contribution is 6.32. The fraction of sp³-hybridized carbons (Fsp3) is 0.154. The van der Waals surface area contributed by atoms with Crippen molar-refractivity contribution in [1.29, 1.82) is 0 Å². The van der Waals surface area contributed by atoms with Gasteiger partial charge in [-0.3, -0.25) is 5.01 Å². The van der Waals surface area contributed by atoms with Gasteiger partial charge in [0, 0.05) is 0 Å². The van der Waals surface area contributed by atoms with Crippen LogP contribution >= 0.6 is 11.6 Å². The van der Waals surface area contributed by atoms with Gasteiger partial charge < -0.3 is 0 Å². The minimum atomic E-state index is -0.486. The molecule has 0 radical (unpaired) electrons. The summed E-state index contributed by atoms with van der Waals surface area (Å²) in [5.41, 5.74) is 0.0515. The molecule has 0 unspecified atom stereocenters. The van der Waals surface area contributed by atoms with E-state index in [0.717, 1.165) is 0 Å². The molecule has 0 atom stereocenters. The summed E-state index contributed by atoms with van der Waals surface area (Å²) in [5, 5.41) is 1.70. The van der Waals surface area contributed by atoms with E-state index >= 15 is 0 Å². The quantitative estimate of drug-likeness (QED) is 0.524. The normalized spacial score (nSPS) is 10.3. The number of rotatable bonds is 4. The van der Waals surface area contributed by atoms with E-state index in [9.17, 15) is 4.79 Å². The van der Waals surface area contributed by atoms with Gasteiger partial charge in [-0.2, -0.15) is 9.97 Å². The minimum absolute atomic E-state index is 0.149. The summed E-state index contributed by atoms with van der Waals surface area (Å²) in [5.74, 6) is 6.33. The first kappa shape index (κ1) is 14.2. The summed E-state index contributed by atoms with van der Waals surface area (Å²) in [7, 11) is 0. The number of anilines is 1. The van der Waals surface area contributed by atoms with Gasteiger partial charge in [-0.25, -0.2) is 15.2 Å². The monoisotopic (exact) mass is 291 g/mol. The molecule has 0 spiro atoms. The number of hydrazine groups is 1. The average Bonchev–Trinajstić information content (AvgIpc) is 2.40. The van der Waals surface area contributed by atoms with E-state index in [-0.39, 0.29) is 5.95 Å². The zero-order valence-electron chi connectivity index (χ0n) is 11.0. The first-order valence-electron chi connectivity index (χ1n) is 5.90. The molecule has 6 nitrogen and oxygen atoms in total. The van der Waals surface area contributed by atoms with Crippen molar-refractivity contribution in [2.45, 2.75) is 6.92 Å². The van der Waals surface area contributed by atoms with Crippen molar-refractivity contribution in [2.75, 3.05) is 11.6 Å². The van der Waals surface area contributed by atoms with Crippen LogP contribution in [0.5, 0.6) is 0 Å². The van der Waals surface area contributed by atoms with Gasteiger partial charge in [-0.1, -0.05) is 29.8 Å². The van der Waals surface area contributed by atoms with E-state index in [4.69, 9.17) is 17.4 Å². The largest absolute Gasteiger partial charge is 0.356 e. The Balaban J connectivity index is 2.55. The van der Waals surface area contributed by atoms with Crippen LogP contribution in [0.4, 0.5) is 5.95 Å². The van der Waals surface area contributed by atoms with Crippen molar-refractivity contribution in [1.82, 2.24) is 14.5 Å². The maximum Gasteiger partial charge on any atom is 0.356 e. The Kier molecular flexibility index (Phi) is 4.16. The van der Waals surface area contributed by atoms with E-state index in [1.165, 1.54) is 9.58 Å². The van der Waals surface area contributed by atoms with Crippen LogP contribution in [0.1, 0.15) is 5.82 Å². The Hall–Kier alpha value is -2.18. The maximum atomic E-state index is 12.2. The zero-order chi connectivity index (χ0) is 14.7. The SMILES string of the molecule is C=CCN(N)c1nc(C)n(-c2ccccc2Cl)c(=O)n1. The molecular formula is C13H14ClN5O. The molecule has 0 saturated carbocycles. The molecule has 0 aliphatic carbocycles. The van der Waals surface area contributed by atoms with E-state index < -0.39 is 5.69 Å². The van der Waals surface area contributed by atoms with Gasteiger partial charge in [-0.15, -0.1) is 6.58 Å². The number of aromatic nitrogens is 3. The summed E-state index contributed by atoms with van der Waals surface area (Å²) in [6, 6.07) is 6.99. The summed E-state index contributed by atoms with van der Waals surface area (Å²) in [6.07, 6.45) is 1.60. The highest BCUT2D eigenvalue weighted by atomic mass is 35.5. The molecule has 1 heterocycles. The van der Waals surface area contributed by atoms with Crippen LogP contribution in [-0.4, -0.2) is 21.1 Å². The minimum Gasteiger partial charge on any atom is -0.275 e. The second kappa shape index (κ2) is 5.85. The molecule has 7 heteroatoms. The second-order valence-corrected chi connectivity index (χ2v) is 4.49. The van der Waals surface area contributed by atoms with Gasteiger partial charge in [0.15, 0.2) is 0 Å². The van der Waals surface area contributed by atoms with Crippen LogP contribution in [0.3, 0.4) is 0 Å². The van der Waals surface area contributed by atoms with Gasteiger partial charge in [0.05, 0.1) is 17.3 Å². The van der Waals surface area contributed by atoms with Crippen molar-refractivity contribution in [3.63, 3.8) is 0 Å². The molecule has 0 saturated heterocycles. The van der Waals surface area contributed by atoms with E-state index in [2.05, 4.69) is 16.5 Å². The molecule has 104 valence electrons. The fourth-order valence-corrected chi connectivity index (χ4v) is 1.97. The predicted octanol–water partition coefficient (Wildman–Crippen LogP) is 1.46. The highest BCUT2D eigenvalue weighted by Crippen LogP contribution is 2.19. The third-order valence-electron chi connectivity index (χ3n) is 2.65. The van der Waals surface area contributed by atoms with Crippen LogP contribution in [0, 0.1) is 6.92 Å². The third-order valence-corrected chi connectivity index (χ3v) is 2.97. The molecule has 0 amide bonds. The summed E-state index contributed by atoms with van der Waals surface area (Å²) in [4.78, 5) is 20.2. The molecule has 1 aromatic heterocycles. The third kappa shape index (κ3) is 2.71. The van der Waals surface area contributed by atoms with E-state index in [1.807, 2.05) is 0 Å². The van der Waals surface area contributed by atoms with E-state index in [0.29, 0.717) is 23.1 Å². The summed E-state index contributed by atoms with van der Waals surface area (Å²) in [6.45, 7) is 5.60. The van der Waals surface area contributed by atoms with Crippen LogP contribution < -0.4 is 16.5 Å². The molecule has 0 fully saturated rings. The van der Waals surface area contributed by atoms with Crippen molar-refractivity contribution in [3.05, 3.63) is 58.3 Å². The molecule has 20 heavy (non-hydrogen) atoms. The molecule has 0 aliphatic rings. The lowest BCUT2D eigenvalue weighted by Gasteiger charge is -2.16. The molecule has 2 rings (SSSR count). The molecule has 2 aromatic rings. The lowest BCUT2D eigenvalue weighted by Crippen LogP contribution is -2.36. The average molecular weight is 292 g/mol. The lowest BCUT2D eigenvalue weighted by molar-refractivity contribution is 0.768. The lowest BCUT2D eigenvalue weighted by atomic mass is 10.3. The van der Waals surface area contributed by atoms with Gasteiger partial charge in [0.25, 0.3) is 0 Å². The van der Waals surface area contributed by atoms with Crippen LogP contribution in [0.25, 0.3) is 5.69 Å². The van der Waals surface area contributed by atoms with Crippen molar-refractivity contribution in [3.8, 4) is 5.69 Å². The number of nitrogens with zero attached hydrogens (tertiary/aromatic N) is 4. The number of halogens is 1. The Bertz CT molecular complexity index is 697. The molecule has 0 bridgehead atoms. The summed E-state index contributed by atoms with van der Waals surface area (Å²) >= 11 is 6.09. The van der Waals surface area contributed by atoms with Gasteiger partial charge in [0.2, 0.25) is 5.95 Å². The van der Waals surface area contributed by atoms with Crippen LogP contribution in [-0.2, 0) is 0 Å². The standard InChI is InChI=1S/C13H14ClN5O/c1-3-8-18(15)12-16-9(2)19(13(20)17-12)11-7-5-4-6-10(11)14/h3-7H,1,8,15H2,2H3. The number of hydrogen-bond acceptors (Lipinski definition) is 5. The molecular weight excluding hydrogens is 278 g/mol. The molecule has 2 N–H and O–H groups in total. The number of hydrogen-bond donors (Lipinski definition) is 1. The van der Waals surface area contributed by atoms with Gasteiger partial charge >= 0.3 is 5.69 Å². The summed E-state index contributed by atoms with van der Waals surface area (Å²) < 4.78 is 1.34. The Labute approximate surface area is 121 Å². The Morgan fingerprint density at radius 1 is 1.45 bits per heavy atom. The maximum absolute atomic E-state index is 12.2. The fourth-order valence-electron chi connectivity index (χ4n) is 1.75. The van der Waals surface area contributed by atoms with Crippen LogP contribution in [0.15, 0.2) is 41.7 Å². The second-order valence-electron chi connectivity index (χ2n) is 4.08. The van der Waals surface area contributed by atoms with Crippen molar-refractivity contribution < 1.29 is 0 Å². The first-order chi connectivity index (χ1) is 9.54. The molecule has 1 aromatic carbocycles. The van der Waals surface area contributed by atoms with Crippen molar-refractivity contribution >= 4 is 17.5 Å². The highest BCUT2D eigenvalue weighted by Gasteiger charge is 2.13. The van der Waals surface area contributed by atoms with Crippen LogP contribution in [0.2, 0.25) is 5.02 Å². The number of nitrogens with two attached hydrogens (primary N) is 1. The smallest absolute Gasteiger partial charge is 0.275 e. The topological polar surface area (TPSA) is 77.0 Å². The number of aryl methyl sites for hydroxylation is 1. The Morgan fingerprint density at radius 3 is 2.75 bits per heavy atom. The van der Waals surface area contributed by atoms with Crippen molar-refractivity contribution in [2.24, 2.45) is 5.84 Å². The van der Waals surface area contributed by atoms with Gasteiger partial charge in [0.1, 0.15) is 5.82 Å². The molecule has 0 aliphatic heterocycles. The van der Waals surface area contributed by atoms with E-state index in [1.54, 1.807) is 37.3 Å². The van der Waals surface area contributed by atoms with Gasteiger partial charge in [-0.05, 0) is 19.1 Å². The first-order valence-corrected chi connectivity index (χ1v) is 6.28. The predicted molar refractivity (Wildman–Crippen MR) is 79.1 cm³/mol. The number of para-hydroxylation sites is 1. The Morgan fingerprint density at radius 2 is 2.15 bits per heavy atom.